The van der Waals surface area contributed by atoms with E-state index in [0.29, 0.717) is 5.75 Å². The Kier molecular flexibility index (Phi) is 4.59. The monoisotopic (exact) mass is 289 g/mol. The second-order valence-corrected chi connectivity index (χ2v) is 4.91. The van der Waals surface area contributed by atoms with E-state index in [1.165, 1.54) is 4.90 Å². The van der Waals surface area contributed by atoms with E-state index >= 15 is 0 Å². The maximum Gasteiger partial charge on any atom is 0.243 e. The minimum absolute atomic E-state index is 0.0271. The predicted molar refractivity (Wildman–Crippen MR) is 78.8 cm³/mol. The van der Waals surface area contributed by atoms with Gasteiger partial charge >= 0.3 is 0 Å². The number of aromatic nitrogens is 2. The van der Waals surface area contributed by atoms with Crippen molar-refractivity contribution in [1.82, 2.24) is 14.7 Å². The van der Waals surface area contributed by atoms with E-state index < -0.39 is 0 Å². The van der Waals surface area contributed by atoms with Gasteiger partial charge in [0.2, 0.25) is 5.91 Å². The van der Waals surface area contributed by atoms with Crippen molar-refractivity contribution in [3.63, 3.8) is 0 Å². The highest BCUT2D eigenvalue weighted by Gasteiger charge is 2.11. The third-order valence-corrected chi connectivity index (χ3v) is 3.19. The highest BCUT2D eigenvalue weighted by atomic mass is 16.5. The van der Waals surface area contributed by atoms with Crippen molar-refractivity contribution in [3.05, 3.63) is 36.2 Å². The molecule has 0 aliphatic heterocycles. The number of aliphatic hydroxyl groups excluding tert-OH is 1. The van der Waals surface area contributed by atoms with E-state index in [2.05, 4.69) is 5.10 Å². The van der Waals surface area contributed by atoms with Gasteiger partial charge in [-0.15, -0.1) is 0 Å². The molecule has 0 saturated heterocycles. The van der Waals surface area contributed by atoms with Crippen LogP contribution < -0.4 is 4.74 Å². The number of nitrogens with zero attached hydrogens (tertiary/aromatic N) is 3. The lowest BCUT2D eigenvalue weighted by molar-refractivity contribution is -0.129. The molecule has 1 N–H and O–H groups in total. The molecule has 0 aliphatic rings. The molecule has 0 spiro atoms. The van der Waals surface area contributed by atoms with Crippen LogP contribution in [-0.2, 0) is 17.9 Å². The number of hydrogen-bond donors (Lipinski definition) is 1. The number of amides is 1. The average molecular weight is 289 g/mol. The summed E-state index contributed by atoms with van der Waals surface area (Å²) in [5, 5.41) is 13.4. The summed E-state index contributed by atoms with van der Waals surface area (Å²) < 4.78 is 6.92. The molecule has 0 bridgehead atoms. The van der Waals surface area contributed by atoms with Crippen LogP contribution in [0.25, 0.3) is 11.1 Å². The fourth-order valence-electron chi connectivity index (χ4n) is 1.95. The van der Waals surface area contributed by atoms with Crippen LogP contribution in [0, 0.1) is 0 Å². The Balaban J connectivity index is 2.30. The molecule has 1 aromatic carbocycles. The normalized spacial score (nSPS) is 10.5. The second-order valence-electron chi connectivity index (χ2n) is 4.91. The van der Waals surface area contributed by atoms with E-state index in [4.69, 9.17) is 4.74 Å². The number of carbonyl (C=O) groups is 1. The van der Waals surface area contributed by atoms with Crippen LogP contribution in [0.4, 0.5) is 0 Å². The minimum atomic E-state index is -0.0375. The van der Waals surface area contributed by atoms with Gasteiger partial charge in [-0.05, 0) is 17.7 Å². The first-order valence-electron chi connectivity index (χ1n) is 6.56. The first-order chi connectivity index (χ1) is 10.0. The first-order valence-corrected chi connectivity index (χ1v) is 6.56. The van der Waals surface area contributed by atoms with E-state index in [-0.39, 0.29) is 19.1 Å². The van der Waals surface area contributed by atoms with Crippen LogP contribution in [0.15, 0.2) is 30.6 Å². The quantitative estimate of drug-likeness (QED) is 0.896. The van der Waals surface area contributed by atoms with E-state index in [0.717, 1.165) is 16.7 Å². The van der Waals surface area contributed by atoms with Gasteiger partial charge in [0.1, 0.15) is 12.3 Å². The van der Waals surface area contributed by atoms with Gasteiger partial charge in [0.25, 0.3) is 0 Å². The molecule has 0 aliphatic carbocycles. The molecule has 6 nitrogen and oxygen atoms in total. The summed E-state index contributed by atoms with van der Waals surface area (Å²) in [6.07, 6.45) is 3.47. The Morgan fingerprint density at radius 1 is 1.43 bits per heavy atom. The van der Waals surface area contributed by atoms with Crippen molar-refractivity contribution in [2.24, 2.45) is 0 Å². The largest absolute Gasteiger partial charge is 0.496 e. The maximum absolute atomic E-state index is 11.7. The number of aliphatic hydroxyl groups is 1. The topological polar surface area (TPSA) is 67.6 Å². The number of hydrogen-bond acceptors (Lipinski definition) is 4. The first kappa shape index (κ1) is 15.1. The van der Waals surface area contributed by atoms with Crippen molar-refractivity contribution < 1.29 is 14.6 Å². The molecule has 0 atom stereocenters. The van der Waals surface area contributed by atoms with Crippen molar-refractivity contribution in [2.75, 3.05) is 21.2 Å². The molecule has 6 heteroatoms. The van der Waals surface area contributed by atoms with Gasteiger partial charge in [0.05, 0.1) is 19.9 Å². The number of methoxy groups -OCH3 is 1. The number of carbonyl (C=O) groups excluding carboxylic acids is 1. The summed E-state index contributed by atoms with van der Waals surface area (Å²) in [5.41, 5.74) is 2.48. The molecule has 0 saturated carbocycles. The number of ether oxygens (including phenoxy) is 1. The Morgan fingerprint density at radius 3 is 2.81 bits per heavy atom. The lowest BCUT2D eigenvalue weighted by atomic mass is 10.1. The fraction of sp³-hybridized carbons (Fsp3) is 0.333. The van der Waals surface area contributed by atoms with Crippen LogP contribution in [0.3, 0.4) is 0 Å². The zero-order valence-corrected chi connectivity index (χ0v) is 12.4. The molecule has 21 heavy (non-hydrogen) atoms. The van der Waals surface area contributed by atoms with Crippen molar-refractivity contribution in [2.45, 2.75) is 13.2 Å². The van der Waals surface area contributed by atoms with E-state index in [1.807, 2.05) is 18.2 Å². The summed E-state index contributed by atoms with van der Waals surface area (Å²) >= 11 is 0. The summed E-state index contributed by atoms with van der Waals surface area (Å²) in [6, 6.07) is 5.47. The van der Waals surface area contributed by atoms with Gasteiger partial charge in [-0.3, -0.25) is 9.48 Å². The van der Waals surface area contributed by atoms with Crippen LogP contribution in [0.1, 0.15) is 5.56 Å². The lowest BCUT2D eigenvalue weighted by Gasteiger charge is -2.10. The zero-order chi connectivity index (χ0) is 15.4. The highest BCUT2D eigenvalue weighted by molar-refractivity contribution is 5.76. The Hall–Kier alpha value is -2.34. The SMILES string of the molecule is COc1ccc(CO)cc1-c1cnn(CC(=O)N(C)C)c1. The average Bonchev–Trinajstić information content (AvgIpc) is 2.94. The summed E-state index contributed by atoms with van der Waals surface area (Å²) in [7, 11) is 5.01. The van der Waals surface area contributed by atoms with Crippen molar-refractivity contribution in [1.29, 1.82) is 0 Å². The van der Waals surface area contributed by atoms with Gasteiger partial charge in [-0.1, -0.05) is 6.07 Å². The highest BCUT2D eigenvalue weighted by Crippen LogP contribution is 2.30. The summed E-state index contributed by atoms with van der Waals surface area (Å²) in [4.78, 5) is 13.2. The van der Waals surface area contributed by atoms with Gasteiger partial charge in [-0.25, -0.2) is 0 Å². The van der Waals surface area contributed by atoms with E-state index in [9.17, 15) is 9.90 Å². The molecule has 1 aromatic heterocycles. The van der Waals surface area contributed by atoms with Crippen molar-refractivity contribution >= 4 is 5.91 Å². The van der Waals surface area contributed by atoms with Crippen LogP contribution in [0.2, 0.25) is 0 Å². The molecule has 2 rings (SSSR count). The maximum atomic E-state index is 11.7. The number of benzene rings is 1. The van der Waals surface area contributed by atoms with Gasteiger partial charge in [0, 0.05) is 31.4 Å². The fourth-order valence-corrected chi connectivity index (χ4v) is 1.95. The van der Waals surface area contributed by atoms with Crippen LogP contribution in [0.5, 0.6) is 5.75 Å². The van der Waals surface area contributed by atoms with Crippen LogP contribution >= 0.6 is 0 Å². The molecule has 1 heterocycles. The smallest absolute Gasteiger partial charge is 0.243 e. The number of likely N-dealkylation sites (N-methyl/N-ethyl adjacent to an activating group) is 1. The zero-order valence-electron chi connectivity index (χ0n) is 12.4. The molecule has 0 radical (unpaired) electrons. The second kappa shape index (κ2) is 6.41. The third-order valence-electron chi connectivity index (χ3n) is 3.19. The summed E-state index contributed by atoms with van der Waals surface area (Å²) in [5.74, 6) is 0.673. The Bertz CT molecular complexity index is 635. The van der Waals surface area contributed by atoms with E-state index in [1.54, 1.807) is 38.3 Å². The minimum Gasteiger partial charge on any atom is -0.496 e. The molecule has 0 unspecified atom stereocenters. The number of rotatable bonds is 5. The summed E-state index contributed by atoms with van der Waals surface area (Å²) in [6.45, 7) is 0.152. The molecule has 1 amide bonds. The van der Waals surface area contributed by atoms with Crippen molar-refractivity contribution in [3.8, 4) is 16.9 Å². The lowest BCUT2D eigenvalue weighted by Crippen LogP contribution is -2.26. The molecule has 0 fully saturated rings. The molecular formula is C15H19N3O3. The molecule has 2 aromatic rings. The van der Waals surface area contributed by atoms with Gasteiger partial charge in [-0.2, -0.15) is 5.10 Å². The van der Waals surface area contributed by atoms with Gasteiger partial charge < -0.3 is 14.7 Å². The van der Waals surface area contributed by atoms with Gasteiger partial charge in [0.15, 0.2) is 0 Å². The van der Waals surface area contributed by atoms with Crippen LogP contribution in [-0.4, -0.2) is 46.9 Å². The standard InChI is InChI=1S/C15H19N3O3/c1-17(2)15(20)9-18-8-12(7-16-18)13-6-11(10-19)4-5-14(13)21-3/h4-8,19H,9-10H2,1-3H3. The Morgan fingerprint density at radius 2 is 2.19 bits per heavy atom. The predicted octanol–water partition coefficient (Wildman–Crippen LogP) is 1.14. The third kappa shape index (κ3) is 3.41. The molecular weight excluding hydrogens is 270 g/mol. The Labute approximate surface area is 123 Å². The molecule has 112 valence electrons.